The first-order valence-electron chi connectivity index (χ1n) is 7.45. The van der Waals surface area contributed by atoms with Gasteiger partial charge in [-0.25, -0.2) is 0 Å². The SMILES string of the molecule is CCc1nnc(N(CC)C(C)COC)c(C(N)=S)c1CC. The van der Waals surface area contributed by atoms with Crippen LogP contribution in [0, 0.1) is 0 Å². The molecule has 1 rings (SSSR count). The Bertz CT molecular complexity index is 493. The number of hydrogen-bond donors (Lipinski definition) is 1. The second kappa shape index (κ2) is 8.24. The summed E-state index contributed by atoms with van der Waals surface area (Å²) in [5.41, 5.74) is 8.93. The fourth-order valence-corrected chi connectivity index (χ4v) is 2.84. The van der Waals surface area contributed by atoms with Gasteiger partial charge in [0.15, 0.2) is 5.82 Å². The number of aromatic nitrogens is 2. The summed E-state index contributed by atoms with van der Waals surface area (Å²) in [6.45, 7) is 9.74. The highest BCUT2D eigenvalue weighted by molar-refractivity contribution is 7.80. The Morgan fingerprint density at radius 2 is 1.95 bits per heavy atom. The first kappa shape index (κ1) is 17.8. The quantitative estimate of drug-likeness (QED) is 0.742. The summed E-state index contributed by atoms with van der Waals surface area (Å²) in [6, 6.07) is 0.180. The predicted octanol–water partition coefficient (Wildman–Crippen LogP) is 2.10. The first-order valence-corrected chi connectivity index (χ1v) is 7.86. The van der Waals surface area contributed by atoms with Crippen LogP contribution in [0.1, 0.15) is 44.5 Å². The van der Waals surface area contributed by atoms with Crippen molar-refractivity contribution in [3.8, 4) is 0 Å². The first-order chi connectivity index (χ1) is 10.0. The average Bonchev–Trinajstić information content (AvgIpc) is 2.47. The van der Waals surface area contributed by atoms with E-state index in [0.717, 1.165) is 42.0 Å². The Morgan fingerprint density at radius 3 is 2.38 bits per heavy atom. The van der Waals surface area contributed by atoms with E-state index in [4.69, 9.17) is 22.7 Å². The van der Waals surface area contributed by atoms with E-state index in [1.54, 1.807) is 7.11 Å². The molecule has 0 aliphatic carbocycles. The van der Waals surface area contributed by atoms with Gasteiger partial charge in [0.05, 0.1) is 23.9 Å². The molecule has 1 aromatic heterocycles. The molecule has 0 aliphatic rings. The van der Waals surface area contributed by atoms with E-state index in [0.29, 0.717) is 11.6 Å². The number of likely N-dealkylation sites (N-methyl/N-ethyl adjacent to an activating group) is 1. The van der Waals surface area contributed by atoms with Crippen molar-refractivity contribution < 1.29 is 4.74 Å². The Kier molecular flexibility index (Phi) is 6.98. The average molecular weight is 310 g/mol. The van der Waals surface area contributed by atoms with Crippen LogP contribution in [0.4, 0.5) is 5.82 Å². The molecule has 0 bridgehead atoms. The summed E-state index contributed by atoms with van der Waals surface area (Å²) < 4.78 is 5.26. The maximum Gasteiger partial charge on any atom is 0.162 e. The standard InChI is InChI=1S/C15H26N4OS/c1-6-11-12(7-2)17-18-15(13(11)14(16)21)19(8-3)10(4)9-20-5/h10H,6-9H2,1-5H3,(H2,16,21). The molecule has 0 saturated heterocycles. The van der Waals surface area contributed by atoms with Crippen molar-refractivity contribution in [1.82, 2.24) is 10.2 Å². The van der Waals surface area contributed by atoms with Crippen LogP contribution in [0.2, 0.25) is 0 Å². The lowest BCUT2D eigenvalue weighted by atomic mass is 10.0. The number of hydrogen-bond acceptors (Lipinski definition) is 5. The van der Waals surface area contributed by atoms with Crippen LogP contribution >= 0.6 is 12.2 Å². The highest BCUT2D eigenvalue weighted by Crippen LogP contribution is 2.25. The molecule has 0 amide bonds. The number of thiocarbonyl (C=S) groups is 1. The van der Waals surface area contributed by atoms with Crippen molar-refractivity contribution in [2.45, 2.75) is 46.6 Å². The minimum Gasteiger partial charge on any atom is -0.389 e. The Hall–Kier alpha value is -1.27. The number of methoxy groups -OCH3 is 1. The van der Waals surface area contributed by atoms with Crippen LogP contribution in [0.15, 0.2) is 0 Å². The molecule has 0 saturated carbocycles. The molecule has 0 aromatic carbocycles. The molecule has 1 unspecified atom stereocenters. The topological polar surface area (TPSA) is 64.3 Å². The van der Waals surface area contributed by atoms with Crippen LogP contribution < -0.4 is 10.6 Å². The molecular weight excluding hydrogens is 284 g/mol. The van der Waals surface area contributed by atoms with Gasteiger partial charge in [-0.2, -0.15) is 5.10 Å². The van der Waals surface area contributed by atoms with E-state index in [1.165, 1.54) is 0 Å². The van der Waals surface area contributed by atoms with Crippen LogP contribution in [0.3, 0.4) is 0 Å². The molecule has 5 nitrogen and oxygen atoms in total. The smallest absolute Gasteiger partial charge is 0.162 e. The molecule has 0 aliphatic heterocycles. The minimum atomic E-state index is 0.180. The third-order valence-corrected chi connectivity index (χ3v) is 3.83. The van der Waals surface area contributed by atoms with E-state index in [2.05, 4.69) is 42.8 Å². The molecule has 6 heteroatoms. The van der Waals surface area contributed by atoms with Crippen LogP contribution in [-0.4, -0.2) is 41.5 Å². The number of nitrogens with two attached hydrogens (primary N) is 1. The third kappa shape index (κ3) is 3.89. The molecular formula is C15H26N4OS. The van der Waals surface area contributed by atoms with E-state index >= 15 is 0 Å². The van der Waals surface area contributed by atoms with E-state index in [9.17, 15) is 0 Å². The third-order valence-electron chi connectivity index (χ3n) is 3.63. The number of nitrogens with zero attached hydrogens (tertiary/aromatic N) is 3. The molecule has 118 valence electrons. The maximum absolute atomic E-state index is 5.99. The van der Waals surface area contributed by atoms with E-state index in [-0.39, 0.29) is 6.04 Å². The summed E-state index contributed by atoms with van der Waals surface area (Å²) in [7, 11) is 1.70. The number of ether oxygens (including phenoxy) is 1. The second-order valence-electron chi connectivity index (χ2n) is 4.99. The molecule has 0 fully saturated rings. The fourth-order valence-electron chi connectivity index (χ4n) is 2.62. The van der Waals surface area contributed by atoms with Crippen molar-refractivity contribution in [3.05, 3.63) is 16.8 Å². The van der Waals surface area contributed by atoms with Gasteiger partial charge < -0.3 is 15.4 Å². The van der Waals surface area contributed by atoms with Gasteiger partial charge >= 0.3 is 0 Å². The summed E-state index contributed by atoms with van der Waals surface area (Å²) in [4.78, 5) is 2.53. The Morgan fingerprint density at radius 1 is 1.29 bits per heavy atom. The summed E-state index contributed by atoms with van der Waals surface area (Å²) in [5, 5.41) is 8.78. The second-order valence-corrected chi connectivity index (χ2v) is 5.43. The van der Waals surface area contributed by atoms with Gasteiger partial charge in [0, 0.05) is 13.7 Å². The lowest BCUT2D eigenvalue weighted by molar-refractivity contribution is 0.181. The van der Waals surface area contributed by atoms with Gasteiger partial charge in [0.1, 0.15) is 4.99 Å². The highest BCUT2D eigenvalue weighted by Gasteiger charge is 2.23. The number of aryl methyl sites for hydroxylation is 1. The van der Waals surface area contributed by atoms with Crippen molar-refractivity contribution in [2.75, 3.05) is 25.2 Å². The van der Waals surface area contributed by atoms with Crippen LogP contribution in [0.25, 0.3) is 0 Å². The van der Waals surface area contributed by atoms with Crippen LogP contribution in [0.5, 0.6) is 0 Å². The molecule has 2 N–H and O–H groups in total. The van der Waals surface area contributed by atoms with Gasteiger partial charge in [-0.15, -0.1) is 5.10 Å². The zero-order valence-electron chi connectivity index (χ0n) is 13.6. The molecule has 1 aromatic rings. The summed E-state index contributed by atoms with van der Waals surface area (Å²) in [6.07, 6.45) is 1.67. The zero-order valence-corrected chi connectivity index (χ0v) is 14.5. The molecule has 21 heavy (non-hydrogen) atoms. The van der Waals surface area contributed by atoms with Gasteiger partial charge in [0.2, 0.25) is 0 Å². The number of anilines is 1. The normalized spacial score (nSPS) is 12.2. The predicted molar refractivity (Wildman–Crippen MR) is 91.0 cm³/mol. The lowest BCUT2D eigenvalue weighted by Gasteiger charge is -2.30. The monoisotopic (exact) mass is 310 g/mol. The number of rotatable bonds is 8. The molecule has 0 spiro atoms. The van der Waals surface area contributed by atoms with Crippen molar-refractivity contribution in [1.29, 1.82) is 0 Å². The van der Waals surface area contributed by atoms with Crippen molar-refractivity contribution >= 4 is 23.0 Å². The minimum absolute atomic E-state index is 0.180. The summed E-state index contributed by atoms with van der Waals surface area (Å²) in [5.74, 6) is 0.767. The van der Waals surface area contributed by atoms with Gasteiger partial charge in [-0.1, -0.05) is 26.1 Å². The highest BCUT2D eigenvalue weighted by atomic mass is 32.1. The Labute approximate surface area is 132 Å². The van der Waals surface area contributed by atoms with Crippen molar-refractivity contribution in [2.24, 2.45) is 5.73 Å². The fraction of sp³-hybridized carbons (Fsp3) is 0.667. The maximum atomic E-state index is 5.99. The van der Waals surface area contributed by atoms with Gasteiger partial charge in [-0.05, 0) is 32.3 Å². The van der Waals surface area contributed by atoms with E-state index in [1.807, 2.05) is 0 Å². The van der Waals surface area contributed by atoms with Gasteiger partial charge in [-0.3, -0.25) is 0 Å². The molecule has 0 radical (unpaired) electrons. The molecule has 1 heterocycles. The largest absolute Gasteiger partial charge is 0.389 e. The lowest BCUT2D eigenvalue weighted by Crippen LogP contribution is -2.39. The van der Waals surface area contributed by atoms with Crippen molar-refractivity contribution in [3.63, 3.8) is 0 Å². The zero-order chi connectivity index (χ0) is 16.0. The van der Waals surface area contributed by atoms with E-state index < -0.39 is 0 Å². The van der Waals surface area contributed by atoms with Gasteiger partial charge in [0.25, 0.3) is 0 Å². The molecule has 1 atom stereocenters. The summed E-state index contributed by atoms with van der Waals surface area (Å²) >= 11 is 5.28. The Balaban J connectivity index is 3.43. The van der Waals surface area contributed by atoms with Crippen LogP contribution in [-0.2, 0) is 17.6 Å².